The number of likely N-dealkylation sites (tertiary alicyclic amines) is 1. The van der Waals surface area contributed by atoms with Gasteiger partial charge >= 0.3 is 0 Å². The van der Waals surface area contributed by atoms with E-state index < -0.39 is 0 Å². The fraction of sp³-hybridized carbons (Fsp3) is 0.524. The lowest BCUT2D eigenvalue weighted by Gasteiger charge is -2.32. The summed E-state index contributed by atoms with van der Waals surface area (Å²) in [7, 11) is 5.25. The van der Waals surface area contributed by atoms with Gasteiger partial charge in [0.25, 0.3) is 0 Å². The number of fused-ring (bicyclic) bond motifs is 1. The van der Waals surface area contributed by atoms with E-state index >= 15 is 0 Å². The fourth-order valence-corrected chi connectivity index (χ4v) is 3.86. The van der Waals surface area contributed by atoms with E-state index in [2.05, 4.69) is 23.1 Å². The van der Waals surface area contributed by atoms with Crippen LogP contribution < -0.4 is 9.47 Å². The molecular formula is C21H29NO3. The van der Waals surface area contributed by atoms with Crippen molar-refractivity contribution in [3.05, 3.63) is 35.9 Å². The molecule has 136 valence electrons. The smallest absolute Gasteiger partial charge is 0.127 e. The van der Waals surface area contributed by atoms with E-state index in [-0.39, 0.29) is 0 Å². The SMILES string of the molecule is COCCC1CCN(Cc2ccc(OC)c3cccc(OC)c23)CC1. The van der Waals surface area contributed by atoms with Gasteiger partial charge in [0, 0.05) is 31.0 Å². The Morgan fingerprint density at radius 1 is 0.960 bits per heavy atom. The first kappa shape index (κ1) is 18.0. The molecule has 1 aliphatic heterocycles. The van der Waals surface area contributed by atoms with Crippen LogP contribution in [0.1, 0.15) is 24.8 Å². The molecule has 1 saturated heterocycles. The van der Waals surface area contributed by atoms with Crippen LogP contribution in [0.15, 0.2) is 30.3 Å². The van der Waals surface area contributed by atoms with Crippen LogP contribution in [0.5, 0.6) is 11.5 Å². The Morgan fingerprint density at radius 2 is 1.72 bits per heavy atom. The molecule has 0 radical (unpaired) electrons. The van der Waals surface area contributed by atoms with Crippen molar-refractivity contribution in [3.63, 3.8) is 0 Å². The molecule has 4 nitrogen and oxygen atoms in total. The van der Waals surface area contributed by atoms with Gasteiger partial charge in [-0.15, -0.1) is 0 Å². The summed E-state index contributed by atoms with van der Waals surface area (Å²) in [5.74, 6) is 2.62. The van der Waals surface area contributed by atoms with Crippen LogP contribution in [0.25, 0.3) is 10.8 Å². The largest absolute Gasteiger partial charge is 0.496 e. The Morgan fingerprint density at radius 3 is 2.40 bits per heavy atom. The standard InChI is InChI=1S/C21H29NO3/c1-23-14-11-16-9-12-22(13-10-16)15-17-7-8-19(24-2)18-5-4-6-20(25-3)21(17)18/h4-8,16H,9-15H2,1-3H3. The zero-order valence-electron chi connectivity index (χ0n) is 15.6. The van der Waals surface area contributed by atoms with Crippen LogP contribution in [0, 0.1) is 5.92 Å². The first-order chi connectivity index (χ1) is 12.3. The molecule has 25 heavy (non-hydrogen) atoms. The van der Waals surface area contributed by atoms with Crippen molar-refractivity contribution in [2.45, 2.75) is 25.8 Å². The number of hydrogen-bond acceptors (Lipinski definition) is 4. The van der Waals surface area contributed by atoms with Crippen molar-refractivity contribution in [2.75, 3.05) is 41.0 Å². The minimum Gasteiger partial charge on any atom is -0.496 e. The highest BCUT2D eigenvalue weighted by molar-refractivity contribution is 5.95. The maximum absolute atomic E-state index is 5.63. The molecule has 4 heteroatoms. The summed E-state index contributed by atoms with van der Waals surface area (Å²) in [6.07, 6.45) is 3.70. The molecule has 0 saturated carbocycles. The summed E-state index contributed by atoms with van der Waals surface area (Å²) in [6, 6.07) is 10.4. The summed E-state index contributed by atoms with van der Waals surface area (Å²) in [4.78, 5) is 2.55. The molecule has 2 aromatic rings. The number of ether oxygens (including phenoxy) is 3. The van der Waals surface area contributed by atoms with Crippen LogP contribution in [0.2, 0.25) is 0 Å². The molecule has 0 aliphatic carbocycles. The number of piperidine rings is 1. The summed E-state index contributed by atoms with van der Waals surface area (Å²) < 4.78 is 16.4. The number of benzene rings is 2. The predicted octanol–water partition coefficient (Wildman–Crippen LogP) is 4.11. The summed E-state index contributed by atoms with van der Waals surface area (Å²) in [5.41, 5.74) is 1.31. The summed E-state index contributed by atoms with van der Waals surface area (Å²) in [5, 5.41) is 2.29. The van der Waals surface area contributed by atoms with E-state index in [4.69, 9.17) is 14.2 Å². The maximum Gasteiger partial charge on any atom is 0.127 e. The number of nitrogens with zero attached hydrogens (tertiary/aromatic N) is 1. The van der Waals surface area contributed by atoms with Gasteiger partial charge in [0.2, 0.25) is 0 Å². The lowest BCUT2D eigenvalue weighted by atomic mass is 9.93. The average molecular weight is 343 g/mol. The first-order valence-corrected chi connectivity index (χ1v) is 9.10. The molecule has 0 bridgehead atoms. The van der Waals surface area contributed by atoms with Crippen molar-refractivity contribution in [1.29, 1.82) is 0 Å². The lowest BCUT2D eigenvalue weighted by molar-refractivity contribution is 0.132. The average Bonchev–Trinajstić information content (AvgIpc) is 2.67. The number of rotatable bonds is 7. The number of hydrogen-bond donors (Lipinski definition) is 0. The molecule has 1 fully saturated rings. The van der Waals surface area contributed by atoms with E-state index in [0.29, 0.717) is 0 Å². The highest BCUT2D eigenvalue weighted by atomic mass is 16.5. The van der Waals surface area contributed by atoms with Crippen LogP contribution in [-0.4, -0.2) is 45.9 Å². The van der Waals surface area contributed by atoms with Gasteiger partial charge in [-0.3, -0.25) is 4.90 Å². The molecule has 0 amide bonds. The van der Waals surface area contributed by atoms with Gasteiger partial charge in [-0.1, -0.05) is 18.2 Å². The third kappa shape index (κ3) is 4.07. The molecule has 0 unspecified atom stereocenters. The van der Waals surface area contributed by atoms with Crippen molar-refractivity contribution < 1.29 is 14.2 Å². The summed E-state index contributed by atoms with van der Waals surface area (Å²) >= 11 is 0. The third-order valence-corrected chi connectivity index (χ3v) is 5.32. The topological polar surface area (TPSA) is 30.9 Å². The van der Waals surface area contributed by atoms with Gasteiger partial charge < -0.3 is 14.2 Å². The van der Waals surface area contributed by atoms with Crippen LogP contribution in [0.4, 0.5) is 0 Å². The van der Waals surface area contributed by atoms with Gasteiger partial charge in [0.1, 0.15) is 11.5 Å². The molecule has 0 aromatic heterocycles. The van der Waals surface area contributed by atoms with Crippen LogP contribution in [-0.2, 0) is 11.3 Å². The van der Waals surface area contributed by atoms with Crippen molar-refractivity contribution >= 4 is 10.8 Å². The minimum absolute atomic E-state index is 0.804. The molecule has 3 rings (SSSR count). The molecule has 0 N–H and O–H groups in total. The van der Waals surface area contributed by atoms with Crippen molar-refractivity contribution in [1.82, 2.24) is 4.90 Å². The van der Waals surface area contributed by atoms with Gasteiger partial charge in [-0.05, 0) is 56.0 Å². The zero-order chi connectivity index (χ0) is 17.6. The fourth-order valence-electron chi connectivity index (χ4n) is 3.86. The molecule has 1 heterocycles. The molecule has 2 aromatic carbocycles. The molecular weight excluding hydrogens is 314 g/mol. The molecule has 1 aliphatic rings. The highest BCUT2D eigenvalue weighted by Gasteiger charge is 2.20. The second-order valence-electron chi connectivity index (χ2n) is 6.81. The normalized spacial score (nSPS) is 16.3. The minimum atomic E-state index is 0.804. The van der Waals surface area contributed by atoms with E-state index in [1.165, 1.54) is 30.2 Å². The Kier molecular flexibility index (Phi) is 6.16. The third-order valence-electron chi connectivity index (χ3n) is 5.32. The maximum atomic E-state index is 5.63. The van der Waals surface area contributed by atoms with Crippen molar-refractivity contribution in [2.24, 2.45) is 5.92 Å². The van der Waals surface area contributed by atoms with E-state index in [9.17, 15) is 0 Å². The van der Waals surface area contributed by atoms with E-state index in [1.807, 2.05) is 12.1 Å². The van der Waals surface area contributed by atoms with Crippen LogP contribution >= 0.6 is 0 Å². The Bertz CT molecular complexity index is 693. The van der Waals surface area contributed by atoms with E-state index in [1.54, 1.807) is 21.3 Å². The Hall–Kier alpha value is -1.78. The highest BCUT2D eigenvalue weighted by Crippen LogP contribution is 2.36. The second kappa shape index (κ2) is 8.54. The van der Waals surface area contributed by atoms with Gasteiger partial charge in [-0.25, -0.2) is 0 Å². The molecule has 0 spiro atoms. The Balaban J connectivity index is 1.78. The molecule has 0 atom stereocenters. The Labute approximate surface area is 150 Å². The summed E-state index contributed by atoms with van der Waals surface area (Å²) in [6.45, 7) is 4.14. The van der Waals surface area contributed by atoms with Crippen LogP contribution in [0.3, 0.4) is 0 Å². The number of methoxy groups -OCH3 is 3. The monoisotopic (exact) mass is 343 g/mol. The van der Waals surface area contributed by atoms with Gasteiger partial charge in [0.05, 0.1) is 14.2 Å². The predicted molar refractivity (Wildman–Crippen MR) is 102 cm³/mol. The van der Waals surface area contributed by atoms with Gasteiger partial charge in [0.15, 0.2) is 0 Å². The first-order valence-electron chi connectivity index (χ1n) is 9.10. The van der Waals surface area contributed by atoms with Gasteiger partial charge in [-0.2, -0.15) is 0 Å². The zero-order valence-corrected chi connectivity index (χ0v) is 15.6. The quantitative estimate of drug-likeness (QED) is 0.757. The second-order valence-corrected chi connectivity index (χ2v) is 6.81. The van der Waals surface area contributed by atoms with Crippen molar-refractivity contribution in [3.8, 4) is 11.5 Å². The lowest BCUT2D eigenvalue weighted by Crippen LogP contribution is -2.33. The van der Waals surface area contributed by atoms with E-state index in [0.717, 1.165) is 49.0 Å².